The molecule has 2 aromatic carbocycles. The van der Waals surface area contributed by atoms with Gasteiger partial charge in [-0.3, -0.25) is 9.59 Å². The van der Waals surface area contributed by atoms with Gasteiger partial charge in [-0.05, 0) is 30.3 Å². The fourth-order valence-electron chi connectivity index (χ4n) is 2.17. The Morgan fingerprint density at radius 1 is 1.04 bits per heavy atom. The molecule has 0 aliphatic heterocycles. The van der Waals surface area contributed by atoms with Crippen LogP contribution >= 0.6 is 0 Å². The Hall–Kier alpha value is -2.91. The lowest BCUT2D eigenvalue weighted by molar-refractivity contribution is -0.118. The molecule has 0 heterocycles. The quantitative estimate of drug-likeness (QED) is 0.750. The second-order valence-corrected chi connectivity index (χ2v) is 7.98. The Kier molecular flexibility index (Phi) is 6.54. The van der Waals surface area contributed by atoms with Gasteiger partial charge in [0.25, 0.3) is 5.91 Å². The summed E-state index contributed by atoms with van der Waals surface area (Å²) in [6.07, 6.45) is 0. The molecule has 2 rings (SSSR count). The van der Waals surface area contributed by atoms with Gasteiger partial charge in [-0.1, -0.05) is 18.2 Å². The first-order chi connectivity index (χ1) is 12.7. The molecule has 2 aromatic rings. The number of benzene rings is 2. The number of nitrogens with zero attached hydrogens (tertiary/aromatic N) is 1. The molecule has 0 aromatic heterocycles. The van der Waals surface area contributed by atoms with Crippen molar-refractivity contribution < 1.29 is 22.7 Å². The van der Waals surface area contributed by atoms with E-state index in [0.717, 1.165) is 4.31 Å². The van der Waals surface area contributed by atoms with Crippen molar-refractivity contribution in [2.75, 3.05) is 31.3 Å². The smallest absolute Gasteiger partial charge is 0.262 e. The molecule has 0 aliphatic rings. The third-order valence-corrected chi connectivity index (χ3v) is 5.26. The van der Waals surface area contributed by atoms with Gasteiger partial charge < -0.3 is 15.4 Å². The molecule has 27 heavy (non-hydrogen) atoms. The van der Waals surface area contributed by atoms with Crippen LogP contribution in [0.15, 0.2) is 53.4 Å². The van der Waals surface area contributed by atoms with Crippen molar-refractivity contribution in [3.05, 3.63) is 48.5 Å². The minimum atomic E-state index is -3.60. The molecule has 0 saturated heterocycles. The molecule has 0 unspecified atom stereocenters. The van der Waals surface area contributed by atoms with Crippen LogP contribution in [0.25, 0.3) is 0 Å². The lowest BCUT2D eigenvalue weighted by Crippen LogP contribution is -2.23. The second kappa shape index (κ2) is 8.65. The summed E-state index contributed by atoms with van der Waals surface area (Å²) in [5.41, 5.74) is 0.790. The van der Waals surface area contributed by atoms with Crippen molar-refractivity contribution in [1.29, 1.82) is 0 Å². The number of carbonyl (C=O) groups is 2. The number of anilines is 2. The molecule has 0 radical (unpaired) electrons. The van der Waals surface area contributed by atoms with Crippen LogP contribution in [0.4, 0.5) is 11.4 Å². The Morgan fingerprint density at radius 3 is 2.41 bits per heavy atom. The van der Waals surface area contributed by atoms with E-state index in [9.17, 15) is 18.0 Å². The highest BCUT2D eigenvalue weighted by Gasteiger charge is 2.17. The zero-order valence-corrected chi connectivity index (χ0v) is 16.0. The van der Waals surface area contributed by atoms with E-state index in [0.29, 0.717) is 17.1 Å². The van der Waals surface area contributed by atoms with Gasteiger partial charge in [0.2, 0.25) is 15.9 Å². The van der Waals surface area contributed by atoms with Gasteiger partial charge >= 0.3 is 0 Å². The number of sulfonamides is 1. The van der Waals surface area contributed by atoms with E-state index in [4.69, 9.17) is 4.74 Å². The highest BCUT2D eigenvalue weighted by atomic mass is 32.2. The number of hydrogen-bond acceptors (Lipinski definition) is 5. The number of amides is 2. The van der Waals surface area contributed by atoms with Crippen molar-refractivity contribution in [2.45, 2.75) is 11.8 Å². The van der Waals surface area contributed by atoms with E-state index >= 15 is 0 Å². The fraction of sp³-hybridized carbons (Fsp3) is 0.222. The third kappa shape index (κ3) is 5.53. The lowest BCUT2D eigenvalue weighted by atomic mass is 10.3. The summed E-state index contributed by atoms with van der Waals surface area (Å²) in [6.45, 7) is 1.07. The third-order valence-electron chi connectivity index (χ3n) is 3.45. The normalized spacial score (nSPS) is 11.1. The number of rotatable bonds is 7. The van der Waals surface area contributed by atoms with Crippen molar-refractivity contribution in [3.8, 4) is 5.75 Å². The van der Waals surface area contributed by atoms with Crippen molar-refractivity contribution in [3.63, 3.8) is 0 Å². The Labute approximate surface area is 158 Å². The van der Waals surface area contributed by atoms with Gasteiger partial charge in [-0.15, -0.1) is 0 Å². The average Bonchev–Trinajstić information content (AvgIpc) is 2.60. The average molecular weight is 391 g/mol. The maximum Gasteiger partial charge on any atom is 0.262 e. The first-order valence-corrected chi connectivity index (χ1v) is 9.46. The molecule has 0 aliphatic carbocycles. The first-order valence-electron chi connectivity index (χ1n) is 8.02. The van der Waals surface area contributed by atoms with Crippen LogP contribution in [-0.2, 0) is 19.6 Å². The van der Waals surface area contributed by atoms with E-state index in [1.165, 1.54) is 33.2 Å². The standard InChI is InChI=1S/C18H21N3O5S/c1-13(22)19-16-9-4-5-10-17(16)26-12-18(23)20-14-7-6-8-15(11-14)27(24,25)21(2)3/h4-11H,12H2,1-3H3,(H,19,22)(H,20,23). The van der Waals surface area contributed by atoms with Crippen LogP contribution in [0.3, 0.4) is 0 Å². The van der Waals surface area contributed by atoms with Crippen molar-refractivity contribution in [2.24, 2.45) is 0 Å². The van der Waals surface area contributed by atoms with Gasteiger partial charge in [0.05, 0.1) is 10.6 Å². The molecule has 0 bridgehead atoms. The fourth-order valence-corrected chi connectivity index (χ4v) is 3.12. The van der Waals surface area contributed by atoms with Gasteiger partial charge in [0.15, 0.2) is 6.61 Å². The predicted molar refractivity (Wildman–Crippen MR) is 102 cm³/mol. The SMILES string of the molecule is CC(=O)Nc1ccccc1OCC(=O)Nc1cccc(S(=O)(=O)N(C)C)c1. The molecule has 2 N–H and O–H groups in total. The second-order valence-electron chi connectivity index (χ2n) is 5.83. The number of para-hydroxylation sites is 2. The van der Waals surface area contributed by atoms with Crippen LogP contribution in [0.2, 0.25) is 0 Å². The maximum absolute atomic E-state index is 12.2. The van der Waals surface area contributed by atoms with Crippen LogP contribution in [0, 0.1) is 0 Å². The summed E-state index contributed by atoms with van der Waals surface area (Å²) in [4.78, 5) is 23.4. The van der Waals surface area contributed by atoms with E-state index in [2.05, 4.69) is 10.6 Å². The molecule has 0 atom stereocenters. The summed E-state index contributed by atoms with van der Waals surface area (Å²) < 4.78 is 30.9. The van der Waals surface area contributed by atoms with Gasteiger partial charge in [-0.25, -0.2) is 12.7 Å². The first kappa shape index (κ1) is 20.4. The summed E-state index contributed by atoms with van der Waals surface area (Å²) in [6, 6.07) is 12.7. The molecule has 8 nitrogen and oxygen atoms in total. The molecule has 9 heteroatoms. The Balaban J connectivity index is 2.04. The monoisotopic (exact) mass is 391 g/mol. The van der Waals surface area contributed by atoms with E-state index < -0.39 is 15.9 Å². The number of ether oxygens (including phenoxy) is 1. The summed E-state index contributed by atoms with van der Waals surface area (Å²) in [5, 5.41) is 5.20. The zero-order valence-electron chi connectivity index (χ0n) is 15.2. The van der Waals surface area contributed by atoms with Crippen LogP contribution < -0.4 is 15.4 Å². The van der Waals surface area contributed by atoms with E-state index in [-0.39, 0.29) is 17.4 Å². The molecule has 2 amide bonds. The molecule has 0 saturated carbocycles. The number of hydrogen-bond donors (Lipinski definition) is 2. The van der Waals surface area contributed by atoms with Gasteiger partial charge in [0.1, 0.15) is 5.75 Å². The zero-order chi connectivity index (χ0) is 20.0. The molecule has 144 valence electrons. The molecular formula is C18H21N3O5S. The van der Waals surface area contributed by atoms with Crippen LogP contribution in [0.5, 0.6) is 5.75 Å². The molecule has 0 fully saturated rings. The number of carbonyl (C=O) groups excluding carboxylic acids is 2. The Bertz CT molecular complexity index is 942. The highest BCUT2D eigenvalue weighted by Crippen LogP contribution is 2.23. The van der Waals surface area contributed by atoms with Crippen LogP contribution in [0.1, 0.15) is 6.92 Å². The maximum atomic E-state index is 12.2. The number of nitrogens with one attached hydrogen (secondary N) is 2. The van der Waals surface area contributed by atoms with Crippen LogP contribution in [-0.4, -0.2) is 45.2 Å². The minimum absolute atomic E-state index is 0.0715. The van der Waals surface area contributed by atoms with Crippen molar-refractivity contribution >= 4 is 33.2 Å². The van der Waals surface area contributed by atoms with E-state index in [1.807, 2.05) is 0 Å². The molecule has 0 spiro atoms. The minimum Gasteiger partial charge on any atom is -0.482 e. The van der Waals surface area contributed by atoms with Gasteiger partial charge in [0, 0.05) is 26.7 Å². The van der Waals surface area contributed by atoms with Gasteiger partial charge in [-0.2, -0.15) is 0 Å². The lowest BCUT2D eigenvalue weighted by Gasteiger charge is -2.13. The largest absolute Gasteiger partial charge is 0.482 e. The topological polar surface area (TPSA) is 105 Å². The van der Waals surface area contributed by atoms with E-state index in [1.54, 1.807) is 36.4 Å². The van der Waals surface area contributed by atoms with Crippen molar-refractivity contribution in [1.82, 2.24) is 4.31 Å². The molecular weight excluding hydrogens is 370 g/mol. The predicted octanol–water partition coefficient (Wildman–Crippen LogP) is 1.91. The summed E-state index contributed by atoms with van der Waals surface area (Å²) in [7, 11) is -0.734. The Morgan fingerprint density at radius 2 is 1.74 bits per heavy atom. The summed E-state index contributed by atoms with van der Waals surface area (Å²) >= 11 is 0. The summed E-state index contributed by atoms with van der Waals surface area (Å²) in [5.74, 6) is -0.367. The highest BCUT2D eigenvalue weighted by molar-refractivity contribution is 7.89.